The van der Waals surface area contributed by atoms with Gasteiger partial charge in [0.1, 0.15) is 30.2 Å². The monoisotopic (exact) mass is 812 g/mol. The van der Waals surface area contributed by atoms with E-state index in [4.69, 9.17) is 17.2 Å². The van der Waals surface area contributed by atoms with Gasteiger partial charge in [0.15, 0.2) is 5.96 Å². The molecule has 0 aliphatic carbocycles. The van der Waals surface area contributed by atoms with Gasteiger partial charge in [0.25, 0.3) is 0 Å². The molecule has 0 bridgehead atoms. The number of hydrogen-bond acceptors (Lipinski definition) is 9. The number of aliphatic imine (C=N–C) groups is 1. The molecule has 2 aromatic rings. The smallest absolute Gasteiger partial charge is 0.326 e. The van der Waals surface area contributed by atoms with Gasteiger partial charge in [-0.1, -0.05) is 52.8 Å². The number of nitrogens with one attached hydrogen (secondary N) is 6. The van der Waals surface area contributed by atoms with Crippen molar-refractivity contribution in [2.24, 2.45) is 33.5 Å². The number of aromatic amines is 1. The van der Waals surface area contributed by atoms with Gasteiger partial charge in [-0.2, -0.15) is 0 Å². The number of hydrogen-bond donors (Lipinski definition) is 10. The Balaban J connectivity index is 1.85. The van der Waals surface area contributed by atoms with E-state index in [1.807, 2.05) is 38.1 Å². The maximum atomic E-state index is 14.2. The van der Waals surface area contributed by atoms with Crippen LogP contribution in [0.4, 0.5) is 0 Å². The van der Waals surface area contributed by atoms with Gasteiger partial charge >= 0.3 is 5.97 Å². The third-order valence-corrected chi connectivity index (χ3v) is 10.2. The summed E-state index contributed by atoms with van der Waals surface area (Å²) < 4.78 is 0. The molecule has 1 aliphatic rings. The van der Waals surface area contributed by atoms with E-state index >= 15 is 0 Å². The summed E-state index contributed by atoms with van der Waals surface area (Å²) in [6.07, 6.45) is 4.73. The van der Waals surface area contributed by atoms with Crippen LogP contribution >= 0.6 is 0 Å². The highest BCUT2D eigenvalue weighted by Gasteiger charge is 2.43. The van der Waals surface area contributed by atoms with Crippen LogP contribution in [0.3, 0.4) is 0 Å². The number of carbonyl (C=O) groups excluding carboxylic acids is 5. The lowest BCUT2D eigenvalue weighted by atomic mass is 9.85. The molecule has 1 fully saturated rings. The second-order valence-electron chi connectivity index (χ2n) is 16.4. The normalized spacial score (nSPS) is 16.6. The number of H-pyrrole nitrogens is 1. The lowest BCUT2D eigenvalue weighted by Crippen LogP contribution is -2.65. The maximum absolute atomic E-state index is 14.2. The first-order valence-electron chi connectivity index (χ1n) is 20.1. The number of amides is 5. The van der Waals surface area contributed by atoms with Crippen molar-refractivity contribution in [3.05, 3.63) is 36.0 Å². The van der Waals surface area contributed by atoms with Crippen LogP contribution in [0, 0.1) is 11.3 Å². The number of unbranched alkanes of at least 4 members (excludes halogenated alkanes) is 1. The molecule has 18 heteroatoms. The summed E-state index contributed by atoms with van der Waals surface area (Å²) in [5, 5.41) is 24.7. The zero-order valence-corrected chi connectivity index (χ0v) is 34.7. The summed E-state index contributed by atoms with van der Waals surface area (Å²) in [7, 11) is 1.64. The number of aliphatic carboxylic acids is 1. The molecule has 58 heavy (non-hydrogen) atoms. The van der Waals surface area contributed by atoms with E-state index in [0.717, 1.165) is 16.5 Å². The Bertz CT molecular complexity index is 1750. The quantitative estimate of drug-likeness (QED) is 0.0411. The molecule has 1 saturated heterocycles. The van der Waals surface area contributed by atoms with Crippen LogP contribution in [0.15, 0.2) is 35.5 Å². The number of carboxylic acid groups (broad SMARTS) is 1. The molecule has 0 spiro atoms. The van der Waals surface area contributed by atoms with E-state index in [0.29, 0.717) is 51.6 Å². The van der Waals surface area contributed by atoms with Crippen molar-refractivity contribution in [1.29, 1.82) is 0 Å². The number of aromatic nitrogens is 1. The van der Waals surface area contributed by atoms with Crippen LogP contribution in [0.1, 0.15) is 85.1 Å². The molecule has 1 aromatic heterocycles. The third kappa shape index (κ3) is 13.7. The van der Waals surface area contributed by atoms with Gasteiger partial charge in [-0.3, -0.25) is 29.0 Å². The van der Waals surface area contributed by atoms with Crippen LogP contribution in [-0.2, 0) is 35.2 Å². The molecular formula is C40H65N11O7. The zero-order valence-electron chi connectivity index (χ0n) is 34.7. The number of nitrogens with zero attached hydrogens (tertiary/aromatic N) is 2. The molecule has 0 radical (unpaired) electrons. The third-order valence-electron chi connectivity index (χ3n) is 10.2. The molecule has 0 saturated carbocycles. The molecule has 1 aromatic carbocycles. The van der Waals surface area contributed by atoms with Gasteiger partial charge in [-0.25, -0.2) is 4.79 Å². The Kier molecular flexibility index (Phi) is 17.9. The zero-order chi connectivity index (χ0) is 43.2. The highest BCUT2D eigenvalue weighted by Crippen LogP contribution is 2.24. The van der Waals surface area contributed by atoms with Gasteiger partial charge in [-0.05, 0) is 81.5 Å². The minimum Gasteiger partial charge on any atom is -0.480 e. The largest absolute Gasteiger partial charge is 0.480 e. The van der Waals surface area contributed by atoms with Crippen molar-refractivity contribution in [2.75, 3.05) is 26.7 Å². The Morgan fingerprint density at radius 2 is 1.55 bits per heavy atom. The molecule has 5 amide bonds. The average Bonchev–Trinajstić information content (AvgIpc) is 3.53. The predicted octanol–water partition coefficient (Wildman–Crippen LogP) is 0.198. The molecule has 18 nitrogen and oxygen atoms in total. The molecule has 2 heterocycles. The van der Waals surface area contributed by atoms with E-state index in [1.54, 1.807) is 34.0 Å². The SMILES string of the molecule is CN[C@@H](CCCN=C(N)N)C(=O)N[C@@H](CCCCN)C(=O)N1CC[C@H]1C(=O)N[C@@H](Cc1c[nH]c2ccccc12)C(=O)N[C@H](C(=O)N[C@@H](CC(C)C)C(=O)O)C(C)(C)C. The van der Waals surface area contributed by atoms with Gasteiger partial charge in [-0.15, -0.1) is 0 Å². The number of likely N-dealkylation sites (tertiary alicyclic amines) is 1. The summed E-state index contributed by atoms with van der Waals surface area (Å²) in [6.45, 7) is 9.93. The summed E-state index contributed by atoms with van der Waals surface area (Å²) >= 11 is 0. The predicted molar refractivity (Wildman–Crippen MR) is 222 cm³/mol. The van der Waals surface area contributed by atoms with Gasteiger partial charge in [0, 0.05) is 36.6 Å². The number of carbonyl (C=O) groups is 6. The molecule has 13 N–H and O–H groups in total. The topological polar surface area (TPSA) is 292 Å². The van der Waals surface area contributed by atoms with E-state index in [9.17, 15) is 33.9 Å². The number of carboxylic acids is 1. The standard InChI is InChI=1S/C40H65N11O7/c1-23(2)20-30(38(57)58)49-36(55)32(40(3,4)5)50-34(53)29(21-24-22-46-26-13-8-7-12-25(24)26)48-35(54)31-16-19-51(31)37(56)28(14-9-10-17-41)47-33(52)27(44-6)15-11-18-45-39(42)43/h7-8,12-13,22-23,27-32,44,46H,9-11,14-21,41H2,1-6H3,(H,47,52)(H,48,54)(H,49,55)(H,50,53)(H,57,58)(H4,42,43,45)/t27-,28-,29-,30-,31-,32+/m0/s1. The van der Waals surface area contributed by atoms with Crippen molar-refractivity contribution in [3.8, 4) is 0 Å². The number of benzene rings is 1. The number of fused-ring (bicyclic) bond motifs is 1. The van der Waals surface area contributed by atoms with Crippen LogP contribution in [-0.4, -0.2) is 119 Å². The first-order chi connectivity index (χ1) is 27.4. The van der Waals surface area contributed by atoms with Crippen molar-refractivity contribution in [3.63, 3.8) is 0 Å². The summed E-state index contributed by atoms with van der Waals surface area (Å²) in [4.78, 5) is 89.9. The lowest BCUT2D eigenvalue weighted by Gasteiger charge is -2.42. The molecule has 1 aliphatic heterocycles. The maximum Gasteiger partial charge on any atom is 0.326 e. The van der Waals surface area contributed by atoms with Crippen LogP contribution in [0.5, 0.6) is 0 Å². The Morgan fingerprint density at radius 3 is 2.14 bits per heavy atom. The fourth-order valence-electron chi connectivity index (χ4n) is 6.92. The number of likely N-dealkylation sites (N-methyl/N-ethyl adjacent to an activating group) is 1. The Hall–Kier alpha value is -5.23. The first-order valence-corrected chi connectivity index (χ1v) is 20.1. The van der Waals surface area contributed by atoms with E-state index in [1.165, 1.54) is 4.90 Å². The number of rotatable bonds is 23. The van der Waals surface area contributed by atoms with Crippen LogP contribution < -0.4 is 43.8 Å². The van der Waals surface area contributed by atoms with Gasteiger partial charge in [0.05, 0.1) is 6.04 Å². The second kappa shape index (κ2) is 22.1. The molecular weight excluding hydrogens is 747 g/mol. The van der Waals surface area contributed by atoms with Gasteiger partial charge in [0.2, 0.25) is 29.5 Å². The van der Waals surface area contributed by atoms with E-state index in [2.05, 4.69) is 36.6 Å². The Morgan fingerprint density at radius 1 is 0.897 bits per heavy atom. The van der Waals surface area contributed by atoms with E-state index in [-0.39, 0.29) is 37.2 Å². The number of nitrogens with two attached hydrogens (primary N) is 3. The van der Waals surface area contributed by atoms with Crippen molar-refractivity contribution < 1.29 is 33.9 Å². The minimum atomic E-state index is -1.19. The first kappa shape index (κ1) is 47.1. The highest BCUT2D eigenvalue weighted by molar-refractivity contribution is 5.97. The summed E-state index contributed by atoms with van der Waals surface area (Å²) in [5.41, 5.74) is 17.3. The number of guanidine groups is 1. The fraction of sp³-hybridized carbons (Fsp3) is 0.625. The van der Waals surface area contributed by atoms with Crippen LogP contribution in [0.2, 0.25) is 0 Å². The molecule has 0 unspecified atom stereocenters. The van der Waals surface area contributed by atoms with Crippen LogP contribution in [0.25, 0.3) is 10.9 Å². The van der Waals surface area contributed by atoms with Crippen molar-refractivity contribution in [2.45, 2.75) is 122 Å². The Labute approximate surface area is 340 Å². The average molecular weight is 812 g/mol. The van der Waals surface area contributed by atoms with Crippen molar-refractivity contribution in [1.82, 2.24) is 36.5 Å². The molecule has 3 rings (SSSR count). The molecule has 6 atom stereocenters. The lowest BCUT2D eigenvalue weighted by molar-refractivity contribution is -0.150. The highest BCUT2D eigenvalue weighted by atomic mass is 16.4. The van der Waals surface area contributed by atoms with Crippen molar-refractivity contribution >= 4 is 52.4 Å². The summed E-state index contributed by atoms with van der Waals surface area (Å²) in [5.74, 6) is -3.96. The van der Waals surface area contributed by atoms with Gasteiger partial charge < -0.3 is 58.8 Å². The minimum absolute atomic E-state index is 0.0200. The number of para-hydroxylation sites is 1. The molecule has 322 valence electrons. The fourth-order valence-corrected chi connectivity index (χ4v) is 6.92. The second-order valence-corrected chi connectivity index (χ2v) is 16.4. The summed E-state index contributed by atoms with van der Waals surface area (Å²) in [6, 6.07) is 1.50. The van der Waals surface area contributed by atoms with E-state index < -0.39 is 71.3 Å².